The number of thiazole rings is 1. The first-order valence-electron chi connectivity index (χ1n) is 8.34. The van der Waals surface area contributed by atoms with Gasteiger partial charge < -0.3 is 10.6 Å². The van der Waals surface area contributed by atoms with Crippen LogP contribution >= 0.6 is 22.9 Å². The van der Waals surface area contributed by atoms with Gasteiger partial charge in [0.15, 0.2) is 5.13 Å². The van der Waals surface area contributed by atoms with E-state index in [1.807, 2.05) is 36.4 Å². The van der Waals surface area contributed by atoms with Crippen LogP contribution in [-0.4, -0.2) is 16.8 Å². The van der Waals surface area contributed by atoms with Crippen molar-refractivity contribution in [3.8, 4) is 0 Å². The number of carbonyl (C=O) groups excluding carboxylic acids is 2. The lowest BCUT2D eigenvalue weighted by molar-refractivity contribution is -0.116. The minimum absolute atomic E-state index is 0.128. The molecule has 27 heavy (non-hydrogen) atoms. The maximum Gasteiger partial charge on any atom is 0.230 e. The summed E-state index contributed by atoms with van der Waals surface area (Å²) < 4.78 is 0. The molecule has 7 heteroatoms. The average molecular weight is 400 g/mol. The summed E-state index contributed by atoms with van der Waals surface area (Å²) in [7, 11) is 0. The molecule has 5 nitrogen and oxygen atoms in total. The molecule has 0 aliphatic rings. The molecule has 1 heterocycles. The van der Waals surface area contributed by atoms with Crippen molar-refractivity contribution in [3.05, 3.63) is 75.8 Å². The van der Waals surface area contributed by atoms with Crippen LogP contribution in [0.3, 0.4) is 0 Å². The number of hydrogen-bond donors (Lipinski definition) is 2. The summed E-state index contributed by atoms with van der Waals surface area (Å²) in [6.45, 7) is 1.45. The molecule has 0 spiro atoms. The maximum absolute atomic E-state index is 12.2. The third kappa shape index (κ3) is 5.64. The molecule has 3 aromatic rings. The van der Waals surface area contributed by atoms with E-state index in [0.29, 0.717) is 17.2 Å². The fourth-order valence-electron chi connectivity index (χ4n) is 2.53. The van der Waals surface area contributed by atoms with Gasteiger partial charge in [0.05, 0.1) is 6.42 Å². The molecule has 0 radical (unpaired) electrons. The van der Waals surface area contributed by atoms with Crippen molar-refractivity contribution in [2.45, 2.75) is 19.8 Å². The van der Waals surface area contributed by atoms with Gasteiger partial charge in [-0.1, -0.05) is 41.9 Å². The number of anilines is 2. The highest BCUT2D eigenvalue weighted by Gasteiger charge is 2.09. The molecule has 0 bridgehead atoms. The highest BCUT2D eigenvalue weighted by Crippen LogP contribution is 2.24. The number of aromatic nitrogens is 1. The van der Waals surface area contributed by atoms with Gasteiger partial charge in [-0.25, -0.2) is 4.98 Å². The van der Waals surface area contributed by atoms with Crippen molar-refractivity contribution in [2.75, 3.05) is 10.6 Å². The quantitative estimate of drug-likeness (QED) is 0.639. The van der Waals surface area contributed by atoms with E-state index in [4.69, 9.17) is 11.6 Å². The van der Waals surface area contributed by atoms with Crippen LogP contribution in [0.4, 0.5) is 10.8 Å². The summed E-state index contributed by atoms with van der Waals surface area (Å²) in [5.74, 6) is -0.266. The molecule has 0 aliphatic heterocycles. The minimum atomic E-state index is -0.138. The summed E-state index contributed by atoms with van der Waals surface area (Å²) in [6, 6.07) is 14.9. The van der Waals surface area contributed by atoms with Crippen LogP contribution in [0.25, 0.3) is 0 Å². The van der Waals surface area contributed by atoms with Crippen LogP contribution < -0.4 is 10.6 Å². The summed E-state index contributed by atoms with van der Waals surface area (Å²) in [4.78, 5) is 28.6. The van der Waals surface area contributed by atoms with Gasteiger partial charge in [-0.15, -0.1) is 11.3 Å². The second kappa shape index (κ2) is 8.79. The first kappa shape index (κ1) is 19.1. The van der Waals surface area contributed by atoms with Crippen molar-refractivity contribution < 1.29 is 9.59 Å². The molecule has 0 atom stereocenters. The Morgan fingerprint density at radius 1 is 1.07 bits per heavy atom. The minimum Gasteiger partial charge on any atom is -0.326 e. The lowest BCUT2D eigenvalue weighted by atomic mass is 10.1. The highest BCUT2D eigenvalue weighted by atomic mass is 35.5. The number of nitrogens with zero attached hydrogens (tertiary/aromatic N) is 1. The summed E-state index contributed by atoms with van der Waals surface area (Å²) in [5, 5.41) is 6.81. The van der Waals surface area contributed by atoms with E-state index in [-0.39, 0.29) is 18.2 Å². The van der Waals surface area contributed by atoms with Crippen LogP contribution in [0, 0.1) is 0 Å². The summed E-state index contributed by atoms with van der Waals surface area (Å²) >= 11 is 7.62. The van der Waals surface area contributed by atoms with Crippen LogP contribution in [0.5, 0.6) is 0 Å². The summed E-state index contributed by atoms with van der Waals surface area (Å²) in [5.41, 5.74) is 2.59. The van der Waals surface area contributed by atoms with E-state index in [2.05, 4.69) is 15.6 Å². The van der Waals surface area contributed by atoms with Crippen molar-refractivity contribution in [1.29, 1.82) is 0 Å². The first-order valence-corrected chi connectivity index (χ1v) is 9.53. The van der Waals surface area contributed by atoms with Gasteiger partial charge in [0, 0.05) is 35.1 Å². The van der Waals surface area contributed by atoms with E-state index < -0.39 is 0 Å². The zero-order valence-electron chi connectivity index (χ0n) is 14.7. The van der Waals surface area contributed by atoms with Gasteiger partial charge in [-0.3, -0.25) is 9.59 Å². The highest BCUT2D eigenvalue weighted by molar-refractivity contribution is 7.15. The molecule has 2 aromatic carbocycles. The molecule has 0 fully saturated rings. The number of benzene rings is 2. The van der Waals surface area contributed by atoms with E-state index in [1.54, 1.807) is 18.3 Å². The fraction of sp³-hybridized carbons (Fsp3) is 0.150. The van der Waals surface area contributed by atoms with Crippen LogP contribution in [-0.2, 0) is 22.4 Å². The Hall–Kier alpha value is -2.70. The van der Waals surface area contributed by atoms with Crippen LogP contribution in [0.2, 0.25) is 5.02 Å². The Labute approximate surface area is 166 Å². The average Bonchev–Trinajstić information content (AvgIpc) is 3.05. The standard InChI is InChI=1S/C20H18ClN3O2S/c1-13(25)23-16-8-6-14(7-9-16)10-19(26)24-20-22-12-17(27-20)11-15-4-2-3-5-18(15)21/h2-9,12H,10-11H2,1H3,(H,23,25)(H,22,24,26). The van der Waals surface area contributed by atoms with Crippen molar-refractivity contribution in [2.24, 2.45) is 0 Å². The summed E-state index contributed by atoms with van der Waals surface area (Å²) in [6.07, 6.45) is 2.67. The van der Waals surface area contributed by atoms with E-state index in [9.17, 15) is 9.59 Å². The molecule has 1 aromatic heterocycles. The molecule has 2 N–H and O–H groups in total. The second-order valence-corrected chi connectivity index (χ2v) is 7.53. The van der Waals surface area contributed by atoms with Gasteiger partial charge in [-0.05, 0) is 29.3 Å². The predicted molar refractivity (Wildman–Crippen MR) is 109 cm³/mol. The van der Waals surface area contributed by atoms with Crippen molar-refractivity contribution in [3.63, 3.8) is 0 Å². The number of nitrogens with one attached hydrogen (secondary N) is 2. The maximum atomic E-state index is 12.2. The number of hydrogen-bond acceptors (Lipinski definition) is 4. The normalized spacial score (nSPS) is 10.4. The first-order chi connectivity index (χ1) is 13.0. The number of amides is 2. The van der Waals surface area contributed by atoms with E-state index in [1.165, 1.54) is 18.3 Å². The predicted octanol–water partition coefficient (Wildman–Crippen LogP) is 4.53. The number of rotatable bonds is 6. The van der Waals surface area contributed by atoms with Crippen LogP contribution in [0.15, 0.2) is 54.7 Å². The largest absolute Gasteiger partial charge is 0.326 e. The van der Waals surface area contributed by atoms with Gasteiger partial charge in [-0.2, -0.15) is 0 Å². The van der Waals surface area contributed by atoms with Crippen molar-refractivity contribution in [1.82, 2.24) is 4.98 Å². The third-order valence-corrected chi connectivity index (χ3v) is 5.04. The fourth-order valence-corrected chi connectivity index (χ4v) is 3.59. The number of carbonyl (C=O) groups is 2. The molecule has 0 saturated carbocycles. The number of halogens is 1. The molecular weight excluding hydrogens is 382 g/mol. The zero-order chi connectivity index (χ0) is 19.2. The Morgan fingerprint density at radius 2 is 1.81 bits per heavy atom. The van der Waals surface area contributed by atoms with Gasteiger partial charge >= 0.3 is 0 Å². The molecule has 2 amide bonds. The second-order valence-electron chi connectivity index (χ2n) is 6.00. The lowest BCUT2D eigenvalue weighted by Gasteiger charge is -2.05. The van der Waals surface area contributed by atoms with E-state index >= 15 is 0 Å². The van der Waals surface area contributed by atoms with Crippen LogP contribution in [0.1, 0.15) is 22.9 Å². The molecule has 3 rings (SSSR count). The Balaban J connectivity index is 1.56. The molecule has 0 aliphatic carbocycles. The Bertz CT molecular complexity index is 954. The smallest absolute Gasteiger partial charge is 0.230 e. The lowest BCUT2D eigenvalue weighted by Crippen LogP contribution is -2.14. The third-order valence-electron chi connectivity index (χ3n) is 3.76. The molecule has 138 valence electrons. The molecule has 0 unspecified atom stereocenters. The topological polar surface area (TPSA) is 71.1 Å². The molecular formula is C20H18ClN3O2S. The van der Waals surface area contributed by atoms with E-state index in [0.717, 1.165) is 21.0 Å². The van der Waals surface area contributed by atoms with Gasteiger partial charge in [0.25, 0.3) is 0 Å². The molecule has 0 saturated heterocycles. The monoisotopic (exact) mass is 399 g/mol. The van der Waals surface area contributed by atoms with Gasteiger partial charge in [0.2, 0.25) is 11.8 Å². The zero-order valence-corrected chi connectivity index (χ0v) is 16.2. The SMILES string of the molecule is CC(=O)Nc1ccc(CC(=O)Nc2ncc(Cc3ccccc3Cl)s2)cc1. The Morgan fingerprint density at radius 3 is 2.52 bits per heavy atom. The van der Waals surface area contributed by atoms with Gasteiger partial charge in [0.1, 0.15) is 0 Å². The van der Waals surface area contributed by atoms with Crippen molar-refractivity contribution >= 4 is 45.6 Å². The Kier molecular flexibility index (Phi) is 6.21.